The topological polar surface area (TPSA) is 162 Å². The lowest BCUT2D eigenvalue weighted by Gasteiger charge is -2.43. The van der Waals surface area contributed by atoms with Crippen LogP contribution in [-0.2, 0) is 57.1 Å². The van der Waals surface area contributed by atoms with Crippen LogP contribution in [0.15, 0.2) is 0 Å². The molecule has 0 amide bonds. The molecule has 1 N–H and O–H groups in total. The molecule has 0 aromatic rings. The highest BCUT2D eigenvalue weighted by Gasteiger charge is 2.52. The lowest BCUT2D eigenvalue weighted by molar-refractivity contribution is -0.311. The van der Waals surface area contributed by atoms with Gasteiger partial charge >= 0.3 is 23.9 Å². The van der Waals surface area contributed by atoms with E-state index in [0.717, 1.165) is 20.8 Å². The number of hydrogen-bond donors (Lipinski definition) is 1. The van der Waals surface area contributed by atoms with Crippen LogP contribution in [0.25, 0.3) is 0 Å². The first-order chi connectivity index (χ1) is 15.9. The Morgan fingerprint density at radius 3 is 1.82 bits per heavy atom. The van der Waals surface area contributed by atoms with Gasteiger partial charge in [-0.15, -0.1) is 0 Å². The molecule has 0 aromatic heterocycles. The van der Waals surface area contributed by atoms with E-state index in [1.165, 1.54) is 14.0 Å². The van der Waals surface area contributed by atoms with Crippen LogP contribution >= 0.6 is 0 Å². The molecule has 0 aromatic carbocycles. The van der Waals surface area contributed by atoms with Crippen LogP contribution in [-0.4, -0.2) is 98.0 Å². The number of aliphatic hydroxyl groups is 1. The van der Waals surface area contributed by atoms with Crippen molar-refractivity contribution in [1.82, 2.24) is 0 Å². The molecule has 2 fully saturated rings. The Kier molecular flexibility index (Phi) is 10.2. The number of methoxy groups -OCH3 is 1. The van der Waals surface area contributed by atoms with Gasteiger partial charge in [-0.2, -0.15) is 0 Å². The minimum atomic E-state index is -1.69. The van der Waals surface area contributed by atoms with Gasteiger partial charge in [-0.25, -0.2) is 0 Å². The van der Waals surface area contributed by atoms with Crippen LogP contribution < -0.4 is 0 Å². The monoisotopic (exact) mass is 492 g/mol. The summed E-state index contributed by atoms with van der Waals surface area (Å²) in [5.74, 6) is -2.72. The van der Waals surface area contributed by atoms with E-state index in [1.54, 1.807) is 6.92 Å². The van der Waals surface area contributed by atoms with Gasteiger partial charge in [-0.1, -0.05) is 0 Å². The fourth-order valence-electron chi connectivity index (χ4n) is 3.91. The summed E-state index contributed by atoms with van der Waals surface area (Å²) in [6.07, 6.45) is -9.17. The van der Waals surface area contributed by atoms with Crippen molar-refractivity contribution in [3.05, 3.63) is 0 Å². The summed E-state index contributed by atoms with van der Waals surface area (Å²) in [6, 6.07) is 0. The maximum absolute atomic E-state index is 11.7. The highest BCUT2D eigenvalue weighted by Crippen LogP contribution is 2.30. The molecule has 0 aliphatic carbocycles. The van der Waals surface area contributed by atoms with Gasteiger partial charge in [0, 0.05) is 41.2 Å². The predicted octanol–water partition coefficient (Wildman–Crippen LogP) is -0.403. The first kappa shape index (κ1) is 27.9. The van der Waals surface area contributed by atoms with Gasteiger partial charge in [-0.3, -0.25) is 19.2 Å². The molecule has 2 saturated heterocycles. The number of ether oxygens (including phenoxy) is 8. The lowest BCUT2D eigenvalue weighted by atomic mass is 9.98. The zero-order valence-electron chi connectivity index (χ0n) is 20.0. The van der Waals surface area contributed by atoms with Crippen LogP contribution in [0.1, 0.15) is 41.0 Å². The molecule has 0 saturated carbocycles. The molecule has 2 aliphatic rings. The fraction of sp³-hybridized carbons (Fsp3) is 0.810. The SMILES string of the molecule is CO[C@H]1C[C@H](OC[C@H]2O[C@H](O)[C@H](OC(C)=O)[C@@H](OC(C)=O)[C@@H]2OC(C)=O)O[C@@H](C)[C@H]1OC(C)=O. The standard InChI is InChI=1S/C21H32O13/c1-9-17(30-10(2)22)14(27-6)7-16(29-9)28-8-15-18(31-11(3)23)19(32-12(4)24)20(21(26)34-15)33-13(5)25/h9,14-21,26H,7-8H2,1-6H3/t9-,14-,15+,16+,17+,18+,19-,20+,21-/m0/s1. The molecule has 13 nitrogen and oxygen atoms in total. The number of aliphatic hydroxyl groups excluding tert-OH is 1. The van der Waals surface area contributed by atoms with Crippen molar-refractivity contribution in [2.75, 3.05) is 13.7 Å². The molecule has 0 bridgehead atoms. The summed E-state index contributed by atoms with van der Waals surface area (Å²) >= 11 is 0. The molecule has 34 heavy (non-hydrogen) atoms. The van der Waals surface area contributed by atoms with Crippen molar-refractivity contribution >= 4 is 23.9 Å². The highest BCUT2D eigenvalue weighted by molar-refractivity contribution is 5.68. The smallest absolute Gasteiger partial charge is 0.303 e. The normalized spacial score (nSPS) is 35.7. The Balaban J connectivity index is 2.16. The first-order valence-corrected chi connectivity index (χ1v) is 10.7. The summed E-state index contributed by atoms with van der Waals surface area (Å²) in [7, 11) is 1.46. The first-order valence-electron chi connectivity index (χ1n) is 10.7. The molecular weight excluding hydrogens is 460 g/mol. The lowest BCUT2D eigenvalue weighted by Crippen LogP contribution is -2.62. The zero-order chi connectivity index (χ0) is 25.6. The van der Waals surface area contributed by atoms with Crippen LogP contribution in [0, 0.1) is 0 Å². The summed E-state index contributed by atoms with van der Waals surface area (Å²) in [5, 5.41) is 10.4. The van der Waals surface area contributed by atoms with Gasteiger partial charge in [-0.05, 0) is 6.92 Å². The number of esters is 4. The van der Waals surface area contributed by atoms with Gasteiger partial charge in [0.1, 0.15) is 12.2 Å². The minimum Gasteiger partial charge on any atom is -0.457 e. The minimum absolute atomic E-state index is 0.204. The molecular formula is C21H32O13. The fourth-order valence-corrected chi connectivity index (χ4v) is 3.91. The quantitative estimate of drug-likeness (QED) is 0.344. The summed E-state index contributed by atoms with van der Waals surface area (Å²) in [4.78, 5) is 46.3. The molecule has 0 spiro atoms. The van der Waals surface area contributed by atoms with Crippen molar-refractivity contribution in [1.29, 1.82) is 0 Å². The van der Waals surface area contributed by atoms with Gasteiger partial charge in [0.05, 0.1) is 12.7 Å². The predicted molar refractivity (Wildman–Crippen MR) is 109 cm³/mol. The van der Waals surface area contributed by atoms with Crippen molar-refractivity contribution < 1.29 is 62.2 Å². The van der Waals surface area contributed by atoms with E-state index in [0.29, 0.717) is 0 Å². The summed E-state index contributed by atoms with van der Waals surface area (Å²) in [6.45, 7) is 6.07. The number of carbonyl (C=O) groups excluding carboxylic acids is 4. The van der Waals surface area contributed by atoms with Crippen molar-refractivity contribution in [3.63, 3.8) is 0 Å². The van der Waals surface area contributed by atoms with E-state index in [1.807, 2.05) is 0 Å². The molecule has 2 aliphatic heterocycles. The summed E-state index contributed by atoms with van der Waals surface area (Å²) < 4.78 is 43.3. The Bertz CT molecular complexity index is 740. The van der Waals surface area contributed by atoms with E-state index in [2.05, 4.69) is 0 Å². The molecule has 9 atom stereocenters. The molecule has 194 valence electrons. The average molecular weight is 492 g/mol. The van der Waals surface area contributed by atoms with Crippen molar-refractivity contribution in [2.24, 2.45) is 0 Å². The molecule has 13 heteroatoms. The van der Waals surface area contributed by atoms with Gasteiger partial charge in [0.25, 0.3) is 0 Å². The number of carbonyl (C=O) groups is 4. The van der Waals surface area contributed by atoms with E-state index in [4.69, 9.17) is 37.9 Å². The maximum Gasteiger partial charge on any atom is 0.303 e. The van der Waals surface area contributed by atoms with E-state index >= 15 is 0 Å². The highest BCUT2D eigenvalue weighted by atomic mass is 16.7. The number of hydrogen-bond acceptors (Lipinski definition) is 13. The van der Waals surface area contributed by atoms with E-state index < -0.39 is 79.2 Å². The third-order valence-corrected chi connectivity index (χ3v) is 5.19. The molecule has 0 unspecified atom stereocenters. The Labute approximate surface area is 196 Å². The van der Waals surface area contributed by atoms with Gasteiger partial charge < -0.3 is 43.0 Å². The molecule has 2 rings (SSSR count). The van der Waals surface area contributed by atoms with Gasteiger partial charge in [0.15, 0.2) is 37.0 Å². The average Bonchev–Trinajstić information content (AvgIpc) is 2.71. The van der Waals surface area contributed by atoms with Crippen LogP contribution in [0.2, 0.25) is 0 Å². The van der Waals surface area contributed by atoms with Crippen LogP contribution in [0.3, 0.4) is 0 Å². The van der Waals surface area contributed by atoms with Crippen LogP contribution in [0.4, 0.5) is 0 Å². The third-order valence-electron chi connectivity index (χ3n) is 5.19. The Hall–Kier alpha value is -2.32. The third kappa shape index (κ3) is 7.60. The summed E-state index contributed by atoms with van der Waals surface area (Å²) in [5.41, 5.74) is 0. The van der Waals surface area contributed by atoms with Gasteiger partial charge in [0.2, 0.25) is 0 Å². The molecule has 0 radical (unpaired) electrons. The van der Waals surface area contributed by atoms with Crippen molar-refractivity contribution in [3.8, 4) is 0 Å². The van der Waals surface area contributed by atoms with E-state index in [9.17, 15) is 24.3 Å². The molecule has 2 heterocycles. The second-order valence-electron chi connectivity index (χ2n) is 7.98. The van der Waals surface area contributed by atoms with Crippen LogP contribution in [0.5, 0.6) is 0 Å². The Morgan fingerprint density at radius 1 is 0.794 bits per heavy atom. The van der Waals surface area contributed by atoms with E-state index in [-0.39, 0.29) is 13.0 Å². The second kappa shape index (κ2) is 12.4. The number of rotatable bonds is 8. The van der Waals surface area contributed by atoms with Crippen molar-refractivity contribution in [2.45, 2.75) is 96.3 Å². The Morgan fingerprint density at radius 2 is 1.29 bits per heavy atom. The zero-order valence-corrected chi connectivity index (χ0v) is 20.0. The second-order valence-corrected chi connectivity index (χ2v) is 7.98. The largest absolute Gasteiger partial charge is 0.457 e. The maximum atomic E-state index is 11.7.